The van der Waals surface area contributed by atoms with Gasteiger partial charge < -0.3 is 9.80 Å². The molecular weight excluding hydrogens is 304 g/mol. The van der Waals surface area contributed by atoms with E-state index in [0.29, 0.717) is 6.54 Å². The van der Waals surface area contributed by atoms with Gasteiger partial charge in [-0.15, -0.1) is 11.8 Å². The van der Waals surface area contributed by atoms with E-state index in [4.69, 9.17) is 0 Å². The first-order valence-electron chi connectivity index (χ1n) is 7.70. The summed E-state index contributed by atoms with van der Waals surface area (Å²) in [5.41, 5.74) is 2.30. The van der Waals surface area contributed by atoms with E-state index in [9.17, 15) is 4.79 Å². The van der Waals surface area contributed by atoms with Crippen LogP contribution in [0.1, 0.15) is 12.5 Å². The smallest absolute Gasteiger partial charge is 0.235 e. The van der Waals surface area contributed by atoms with Crippen molar-refractivity contribution in [3.63, 3.8) is 0 Å². The van der Waals surface area contributed by atoms with Crippen LogP contribution in [0.25, 0.3) is 0 Å². The Kier molecular flexibility index (Phi) is 6.11. The van der Waals surface area contributed by atoms with Gasteiger partial charge >= 0.3 is 0 Å². The van der Waals surface area contributed by atoms with Crippen LogP contribution in [-0.4, -0.2) is 37.2 Å². The molecule has 0 spiro atoms. The van der Waals surface area contributed by atoms with Gasteiger partial charge in [0.15, 0.2) is 0 Å². The Labute approximate surface area is 143 Å². The first-order chi connectivity index (χ1) is 11.0. The zero-order valence-corrected chi connectivity index (χ0v) is 15.0. The molecule has 122 valence electrons. The van der Waals surface area contributed by atoms with Crippen molar-refractivity contribution in [2.75, 3.05) is 26.0 Å². The molecule has 0 aromatic heterocycles. The molecule has 0 radical (unpaired) electrons. The summed E-state index contributed by atoms with van der Waals surface area (Å²) in [4.78, 5) is 17.5. The van der Waals surface area contributed by atoms with E-state index in [1.165, 1.54) is 0 Å². The fourth-order valence-corrected chi connectivity index (χ4v) is 3.32. The summed E-state index contributed by atoms with van der Waals surface area (Å²) in [7, 11) is 5.91. The van der Waals surface area contributed by atoms with Crippen molar-refractivity contribution in [3.05, 3.63) is 60.2 Å². The molecule has 0 aliphatic heterocycles. The van der Waals surface area contributed by atoms with E-state index < -0.39 is 0 Å². The van der Waals surface area contributed by atoms with Gasteiger partial charge in [0.25, 0.3) is 0 Å². The zero-order valence-electron chi connectivity index (χ0n) is 14.2. The molecule has 1 unspecified atom stereocenters. The number of hydrogen-bond acceptors (Lipinski definition) is 3. The van der Waals surface area contributed by atoms with Crippen molar-refractivity contribution in [2.24, 2.45) is 0 Å². The lowest BCUT2D eigenvalue weighted by atomic mass is 10.2. The largest absolute Gasteiger partial charge is 0.378 e. The number of nitrogens with zero attached hydrogens (tertiary/aromatic N) is 2. The molecule has 0 N–H and O–H groups in total. The standard InChI is InChI=1S/C19H24N2OS/c1-15(23-18-8-6-5-7-9-18)19(22)21(4)14-16-10-12-17(13-11-16)20(2)3/h5-13,15H,14H2,1-4H3. The number of amides is 1. The zero-order chi connectivity index (χ0) is 16.8. The van der Waals surface area contributed by atoms with Gasteiger partial charge in [-0.3, -0.25) is 4.79 Å². The minimum Gasteiger partial charge on any atom is -0.378 e. The molecule has 0 saturated carbocycles. The van der Waals surface area contributed by atoms with E-state index in [1.54, 1.807) is 16.7 Å². The molecule has 0 aliphatic carbocycles. The quantitative estimate of drug-likeness (QED) is 0.752. The van der Waals surface area contributed by atoms with Gasteiger partial charge in [-0.05, 0) is 36.8 Å². The van der Waals surface area contributed by atoms with Gasteiger partial charge in [0.2, 0.25) is 5.91 Å². The lowest BCUT2D eigenvalue weighted by Gasteiger charge is -2.22. The second kappa shape index (κ2) is 8.06. The van der Waals surface area contributed by atoms with Crippen LogP contribution in [0.4, 0.5) is 5.69 Å². The minimum atomic E-state index is -0.0940. The summed E-state index contributed by atoms with van der Waals surface area (Å²) in [6, 6.07) is 18.4. The average Bonchev–Trinajstić information content (AvgIpc) is 2.55. The molecule has 23 heavy (non-hydrogen) atoms. The molecular formula is C19H24N2OS. The first kappa shape index (κ1) is 17.4. The predicted octanol–water partition coefficient (Wildman–Crippen LogP) is 3.89. The van der Waals surface area contributed by atoms with Gasteiger partial charge in [-0.1, -0.05) is 30.3 Å². The Morgan fingerprint density at radius 2 is 1.61 bits per heavy atom. The van der Waals surface area contributed by atoms with E-state index in [-0.39, 0.29) is 11.2 Å². The molecule has 4 heteroatoms. The third-order valence-corrected chi connectivity index (χ3v) is 4.75. The van der Waals surface area contributed by atoms with Gasteiger partial charge in [0.05, 0.1) is 5.25 Å². The number of carbonyl (C=O) groups excluding carboxylic acids is 1. The summed E-state index contributed by atoms with van der Waals surface area (Å²) in [6.07, 6.45) is 0. The van der Waals surface area contributed by atoms with Crippen molar-refractivity contribution in [2.45, 2.75) is 23.6 Å². The topological polar surface area (TPSA) is 23.6 Å². The van der Waals surface area contributed by atoms with Crippen LogP contribution < -0.4 is 4.90 Å². The maximum Gasteiger partial charge on any atom is 0.235 e. The molecule has 2 aromatic carbocycles. The summed E-state index contributed by atoms with van der Waals surface area (Å²) in [5, 5.41) is -0.0940. The molecule has 0 saturated heterocycles. The number of benzene rings is 2. The maximum atomic E-state index is 12.5. The van der Waals surface area contributed by atoms with Crippen LogP contribution in [0.2, 0.25) is 0 Å². The second-order valence-electron chi connectivity index (χ2n) is 5.83. The second-order valence-corrected chi connectivity index (χ2v) is 7.24. The normalized spacial score (nSPS) is 11.8. The number of carbonyl (C=O) groups is 1. The molecule has 0 bridgehead atoms. The highest BCUT2D eigenvalue weighted by Crippen LogP contribution is 2.24. The molecule has 2 aromatic rings. The lowest BCUT2D eigenvalue weighted by molar-refractivity contribution is -0.129. The van der Waals surface area contributed by atoms with E-state index in [0.717, 1.165) is 16.1 Å². The van der Waals surface area contributed by atoms with Gasteiger partial charge in [-0.25, -0.2) is 0 Å². The first-order valence-corrected chi connectivity index (χ1v) is 8.58. The van der Waals surface area contributed by atoms with Crippen LogP contribution in [0, 0.1) is 0 Å². The van der Waals surface area contributed by atoms with Crippen LogP contribution >= 0.6 is 11.8 Å². The van der Waals surface area contributed by atoms with Crippen molar-refractivity contribution >= 4 is 23.4 Å². The van der Waals surface area contributed by atoms with Crippen LogP contribution in [0.3, 0.4) is 0 Å². The van der Waals surface area contributed by atoms with Gasteiger partial charge in [0.1, 0.15) is 0 Å². The monoisotopic (exact) mass is 328 g/mol. The highest BCUT2D eigenvalue weighted by Gasteiger charge is 2.18. The lowest BCUT2D eigenvalue weighted by Crippen LogP contribution is -2.32. The average molecular weight is 328 g/mol. The predicted molar refractivity (Wildman–Crippen MR) is 99.0 cm³/mol. The fourth-order valence-electron chi connectivity index (χ4n) is 2.32. The van der Waals surface area contributed by atoms with Crippen LogP contribution in [0.5, 0.6) is 0 Å². The molecule has 1 atom stereocenters. The Morgan fingerprint density at radius 1 is 1.00 bits per heavy atom. The molecule has 2 rings (SSSR count). The summed E-state index contributed by atoms with van der Waals surface area (Å²) in [5.74, 6) is 0.149. The van der Waals surface area contributed by atoms with E-state index in [1.807, 2.05) is 58.4 Å². The Hall–Kier alpha value is -1.94. The highest BCUT2D eigenvalue weighted by molar-refractivity contribution is 8.00. The van der Waals surface area contributed by atoms with Crippen LogP contribution in [-0.2, 0) is 11.3 Å². The van der Waals surface area contributed by atoms with Gasteiger partial charge in [0, 0.05) is 38.3 Å². The van der Waals surface area contributed by atoms with Crippen molar-refractivity contribution in [1.29, 1.82) is 0 Å². The summed E-state index contributed by atoms with van der Waals surface area (Å²) >= 11 is 1.60. The molecule has 0 fully saturated rings. The third kappa shape index (κ3) is 5.03. The van der Waals surface area contributed by atoms with Crippen LogP contribution in [0.15, 0.2) is 59.5 Å². The van der Waals surface area contributed by atoms with Gasteiger partial charge in [-0.2, -0.15) is 0 Å². The SMILES string of the molecule is CC(Sc1ccccc1)C(=O)N(C)Cc1ccc(N(C)C)cc1. The highest BCUT2D eigenvalue weighted by atomic mass is 32.2. The fraction of sp³-hybridized carbons (Fsp3) is 0.316. The Balaban J connectivity index is 1.93. The number of hydrogen-bond donors (Lipinski definition) is 0. The molecule has 0 aliphatic rings. The van der Waals surface area contributed by atoms with Crippen molar-refractivity contribution in [1.82, 2.24) is 4.90 Å². The third-order valence-electron chi connectivity index (χ3n) is 3.65. The van der Waals surface area contributed by atoms with Crippen molar-refractivity contribution in [3.8, 4) is 0 Å². The number of anilines is 1. The Bertz CT molecular complexity index is 626. The summed E-state index contributed by atoms with van der Waals surface area (Å²) < 4.78 is 0. The Morgan fingerprint density at radius 3 is 2.17 bits per heavy atom. The molecule has 0 heterocycles. The van der Waals surface area contributed by atoms with E-state index in [2.05, 4.69) is 29.2 Å². The van der Waals surface area contributed by atoms with E-state index >= 15 is 0 Å². The van der Waals surface area contributed by atoms with Crippen molar-refractivity contribution < 1.29 is 4.79 Å². The summed E-state index contributed by atoms with van der Waals surface area (Å²) in [6.45, 7) is 2.60. The maximum absolute atomic E-state index is 12.5. The minimum absolute atomic E-state index is 0.0940. The molecule has 3 nitrogen and oxygen atoms in total. The number of thioether (sulfide) groups is 1. The number of rotatable bonds is 6. The molecule has 1 amide bonds.